The minimum Gasteiger partial charge on any atom is -0.306 e. The van der Waals surface area contributed by atoms with Crippen LogP contribution in [-0.4, -0.2) is 39.2 Å². The zero-order chi connectivity index (χ0) is 15.8. The zero-order valence-corrected chi connectivity index (χ0v) is 13.8. The standard InChI is InChI=1S/C18H23NO2S/c1-19(15-13-17-9-4-2-5-10-17)14-8-16-22(20,21)18-11-6-3-7-12-18/h2-7,9-12H,8,13-16H2,1H3. The Hall–Kier alpha value is -1.65. The van der Waals surface area contributed by atoms with Gasteiger partial charge in [-0.25, -0.2) is 8.42 Å². The maximum atomic E-state index is 12.2. The summed E-state index contributed by atoms with van der Waals surface area (Å²) < 4.78 is 24.3. The van der Waals surface area contributed by atoms with Gasteiger partial charge in [0.15, 0.2) is 9.84 Å². The fraction of sp³-hybridized carbons (Fsp3) is 0.333. The number of hydrogen-bond donors (Lipinski definition) is 0. The highest BCUT2D eigenvalue weighted by atomic mass is 32.2. The second kappa shape index (κ2) is 8.11. The summed E-state index contributed by atoms with van der Waals surface area (Å²) in [7, 11) is -1.11. The van der Waals surface area contributed by atoms with Crippen LogP contribution in [0.15, 0.2) is 65.6 Å². The Bertz CT molecular complexity index is 654. The molecule has 0 heterocycles. The van der Waals surface area contributed by atoms with Crippen molar-refractivity contribution in [1.82, 2.24) is 4.90 Å². The molecule has 0 N–H and O–H groups in total. The minimum absolute atomic E-state index is 0.201. The lowest BCUT2D eigenvalue weighted by molar-refractivity contribution is 0.339. The second-order valence-corrected chi connectivity index (χ2v) is 7.63. The molecular weight excluding hydrogens is 294 g/mol. The predicted molar refractivity (Wildman–Crippen MR) is 90.8 cm³/mol. The van der Waals surface area contributed by atoms with Crippen molar-refractivity contribution < 1.29 is 8.42 Å². The molecule has 0 saturated carbocycles. The lowest BCUT2D eigenvalue weighted by atomic mass is 10.1. The van der Waals surface area contributed by atoms with Crippen molar-refractivity contribution in [3.05, 3.63) is 66.2 Å². The highest BCUT2D eigenvalue weighted by Gasteiger charge is 2.13. The van der Waals surface area contributed by atoms with E-state index in [-0.39, 0.29) is 5.75 Å². The molecule has 0 radical (unpaired) electrons. The van der Waals surface area contributed by atoms with Gasteiger partial charge in [0.05, 0.1) is 10.6 Å². The molecule has 0 aliphatic heterocycles. The number of sulfone groups is 1. The molecule has 2 rings (SSSR count). The average molecular weight is 317 g/mol. The van der Waals surface area contributed by atoms with E-state index in [1.54, 1.807) is 24.3 Å². The number of likely N-dealkylation sites (N-methyl/N-ethyl adjacent to an activating group) is 1. The average Bonchev–Trinajstić information content (AvgIpc) is 2.54. The fourth-order valence-electron chi connectivity index (χ4n) is 2.35. The molecule has 0 bridgehead atoms. The van der Waals surface area contributed by atoms with Crippen molar-refractivity contribution in [2.45, 2.75) is 17.7 Å². The third kappa shape index (κ3) is 5.28. The predicted octanol–water partition coefficient (Wildman–Crippen LogP) is 3.02. The Balaban J connectivity index is 1.74. The van der Waals surface area contributed by atoms with E-state index in [1.807, 2.05) is 31.3 Å². The SMILES string of the molecule is CN(CCCS(=O)(=O)c1ccccc1)CCc1ccccc1. The molecule has 0 atom stereocenters. The van der Waals surface area contributed by atoms with Crippen molar-refractivity contribution in [2.24, 2.45) is 0 Å². The van der Waals surface area contributed by atoms with Gasteiger partial charge in [-0.3, -0.25) is 0 Å². The Morgan fingerprint density at radius 1 is 0.864 bits per heavy atom. The highest BCUT2D eigenvalue weighted by molar-refractivity contribution is 7.91. The van der Waals surface area contributed by atoms with Crippen LogP contribution in [0, 0.1) is 0 Å². The van der Waals surface area contributed by atoms with Crippen LogP contribution >= 0.6 is 0 Å². The van der Waals surface area contributed by atoms with Crippen molar-refractivity contribution in [3.63, 3.8) is 0 Å². The van der Waals surface area contributed by atoms with Gasteiger partial charge in [-0.1, -0.05) is 48.5 Å². The Labute approximate surface area is 133 Å². The summed E-state index contributed by atoms with van der Waals surface area (Å²) >= 11 is 0. The molecule has 0 fully saturated rings. The van der Waals surface area contributed by atoms with Gasteiger partial charge in [-0.2, -0.15) is 0 Å². The molecule has 0 aliphatic carbocycles. The van der Waals surface area contributed by atoms with Gasteiger partial charge >= 0.3 is 0 Å². The Kier molecular flexibility index (Phi) is 6.16. The minimum atomic E-state index is -3.15. The molecule has 0 saturated heterocycles. The molecule has 3 nitrogen and oxygen atoms in total. The number of nitrogens with zero attached hydrogens (tertiary/aromatic N) is 1. The summed E-state index contributed by atoms with van der Waals surface area (Å²) in [6.07, 6.45) is 1.64. The maximum Gasteiger partial charge on any atom is 0.178 e. The van der Waals surface area contributed by atoms with Crippen LogP contribution in [0.4, 0.5) is 0 Å². The molecular formula is C18H23NO2S. The third-order valence-electron chi connectivity index (χ3n) is 3.68. The number of hydrogen-bond acceptors (Lipinski definition) is 3. The normalized spacial score (nSPS) is 11.7. The van der Waals surface area contributed by atoms with Gasteiger partial charge in [-0.05, 0) is 44.1 Å². The van der Waals surface area contributed by atoms with Crippen LogP contribution in [0.2, 0.25) is 0 Å². The van der Waals surface area contributed by atoms with Gasteiger partial charge in [0.25, 0.3) is 0 Å². The lowest BCUT2D eigenvalue weighted by Crippen LogP contribution is -2.24. The van der Waals surface area contributed by atoms with Gasteiger partial charge in [0, 0.05) is 6.54 Å². The van der Waals surface area contributed by atoms with E-state index in [2.05, 4.69) is 17.0 Å². The van der Waals surface area contributed by atoms with Crippen LogP contribution in [0.3, 0.4) is 0 Å². The summed E-state index contributed by atoms with van der Waals surface area (Å²) in [5.41, 5.74) is 1.31. The molecule has 2 aromatic rings. The zero-order valence-electron chi connectivity index (χ0n) is 13.0. The van der Waals surface area contributed by atoms with Crippen molar-refractivity contribution in [3.8, 4) is 0 Å². The number of benzene rings is 2. The van der Waals surface area contributed by atoms with Gasteiger partial charge in [0.1, 0.15) is 0 Å². The molecule has 22 heavy (non-hydrogen) atoms. The summed E-state index contributed by atoms with van der Waals surface area (Å²) in [6, 6.07) is 19.0. The Morgan fingerprint density at radius 3 is 2.09 bits per heavy atom. The van der Waals surface area contributed by atoms with E-state index in [0.29, 0.717) is 11.3 Å². The smallest absolute Gasteiger partial charge is 0.178 e. The summed E-state index contributed by atoms with van der Waals surface area (Å²) in [5.74, 6) is 0.201. The van der Waals surface area contributed by atoms with Crippen LogP contribution in [0.25, 0.3) is 0 Å². The monoisotopic (exact) mass is 317 g/mol. The van der Waals surface area contributed by atoms with Crippen LogP contribution < -0.4 is 0 Å². The molecule has 0 spiro atoms. The third-order valence-corrected chi connectivity index (χ3v) is 5.50. The van der Waals surface area contributed by atoms with E-state index in [1.165, 1.54) is 5.56 Å². The van der Waals surface area contributed by atoms with Crippen LogP contribution in [-0.2, 0) is 16.3 Å². The van der Waals surface area contributed by atoms with Crippen molar-refractivity contribution in [1.29, 1.82) is 0 Å². The van der Waals surface area contributed by atoms with E-state index >= 15 is 0 Å². The van der Waals surface area contributed by atoms with Crippen molar-refractivity contribution in [2.75, 3.05) is 25.9 Å². The summed E-state index contributed by atoms with van der Waals surface area (Å²) in [5, 5.41) is 0. The molecule has 0 aromatic heterocycles. The van der Waals surface area contributed by atoms with Crippen LogP contribution in [0.5, 0.6) is 0 Å². The van der Waals surface area contributed by atoms with E-state index in [4.69, 9.17) is 0 Å². The first-order valence-corrected chi connectivity index (χ1v) is 9.23. The molecule has 0 aliphatic rings. The second-order valence-electron chi connectivity index (χ2n) is 5.52. The summed E-state index contributed by atoms with van der Waals surface area (Å²) in [6.45, 7) is 1.73. The van der Waals surface area contributed by atoms with Gasteiger partial charge < -0.3 is 4.90 Å². The quantitative estimate of drug-likeness (QED) is 0.751. The van der Waals surface area contributed by atoms with E-state index in [9.17, 15) is 8.42 Å². The molecule has 118 valence electrons. The molecule has 0 unspecified atom stereocenters. The lowest BCUT2D eigenvalue weighted by Gasteiger charge is -2.16. The maximum absolute atomic E-state index is 12.2. The first kappa shape index (κ1) is 16.7. The first-order chi connectivity index (χ1) is 10.6. The Morgan fingerprint density at radius 2 is 1.45 bits per heavy atom. The molecule has 4 heteroatoms. The largest absolute Gasteiger partial charge is 0.306 e. The molecule has 2 aromatic carbocycles. The fourth-order valence-corrected chi connectivity index (χ4v) is 3.66. The van der Waals surface area contributed by atoms with Crippen LogP contribution in [0.1, 0.15) is 12.0 Å². The number of rotatable bonds is 8. The highest BCUT2D eigenvalue weighted by Crippen LogP contribution is 2.11. The molecule has 0 amide bonds. The van der Waals surface area contributed by atoms with Crippen molar-refractivity contribution >= 4 is 9.84 Å². The summed E-state index contributed by atoms with van der Waals surface area (Å²) in [4.78, 5) is 2.61. The topological polar surface area (TPSA) is 37.4 Å². The van der Waals surface area contributed by atoms with Gasteiger partial charge in [-0.15, -0.1) is 0 Å². The van der Waals surface area contributed by atoms with Gasteiger partial charge in [0.2, 0.25) is 0 Å². The van der Waals surface area contributed by atoms with E-state index < -0.39 is 9.84 Å². The first-order valence-electron chi connectivity index (χ1n) is 7.58. The van der Waals surface area contributed by atoms with E-state index in [0.717, 1.165) is 19.5 Å².